The van der Waals surface area contributed by atoms with E-state index < -0.39 is 67.3 Å². The molecule has 2 bridgehead atoms. The first-order valence-corrected chi connectivity index (χ1v) is 20.9. The van der Waals surface area contributed by atoms with Crippen molar-refractivity contribution in [3.63, 3.8) is 0 Å². The molecule has 2 N–H and O–H groups in total. The molecule has 2 spiro atoms. The smallest absolute Gasteiger partial charge is 0.408 e. The highest BCUT2D eigenvalue weighted by atomic mass is 32.2. The third kappa shape index (κ3) is 8.18. The summed E-state index contributed by atoms with van der Waals surface area (Å²) in [6.07, 6.45) is 7.05. The number of rotatable bonds is 3. The lowest BCUT2D eigenvalue weighted by Gasteiger charge is -2.36. The molecule has 3 fully saturated rings. The Morgan fingerprint density at radius 1 is 1.07 bits per heavy atom. The summed E-state index contributed by atoms with van der Waals surface area (Å²) in [5.74, 6) is -1.65. The molecule has 4 aliphatic rings. The molecule has 2 aliphatic carbocycles. The van der Waals surface area contributed by atoms with E-state index in [-0.39, 0.29) is 31.1 Å². The van der Waals surface area contributed by atoms with Crippen molar-refractivity contribution in [1.82, 2.24) is 24.5 Å². The van der Waals surface area contributed by atoms with Crippen molar-refractivity contribution >= 4 is 44.7 Å². The van der Waals surface area contributed by atoms with Crippen LogP contribution in [0.4, 0.5) is 4.79 Å². The Morgan fingerprint density at radius 3 is 2.43 bits per heavy atom. The number of likely N-dealkylation sites (tertiary alicyclic amines) is 1. The van der Waals surface area contributed by atoms with E-state index in [2.05, 4.69) is 16.1 Å². The van der Waals surface area contributed by atoms with Crippen LogP contribution in [0.5, 0.6) is 6.01 Å². The maximum absolute atomic E-state index is 14.6. The molecule has 14 heteroatoms. The predicted octanol–water partition coefficient (Wildman–Crippen LogP) is 5.81. The van der Waals surface area contributed by atoms with E-state index in [4.69, 9.17) is 14.5 Å². The predicted molar refractivity (Wildman–Crippen MR) is 204 cm³/mol. The topological polar surface area (TPSA) is 166 Å². The number of allylic oxidation sites excluding steroid dienone is 2. The number of benzene rings is 1. The summed E-state index contributed by atoms with van der Waals surface area (Å²) in [5.41, 5.74) is -1.11. The zero-order valence-electron chi connectivity index (χ0n) is 32.8. The molecule has 3 amide bonds. The van der Waals surface area contributed by atoms with Gasteiger partial charge in [-0.05, 0) is 89.2 Å². The molecule has 3 heterocycles. The number of aryl methyl sites for hydroxylation is 1. The number of imidazole rings is 1. The van der Waals surface area contributed by atoms with Gasteiger partial charge in [-0.15, -0.1) is 0 Å². The highest BCUT2D eigenvalue weighted by molar-refractivity contribution is 7.91. The summed E-state index contributed by atoms with van der Waals surface area (Å²) in [6, 6.07) is 6.09. The number of ether oxygens (including phenoxy) is 2. The van der Waals surface area contributed by atoms with Gasteiger partial charge in [-0.2, -0.15) is 4.98 Å². The highest BCUT2D eigenvalue weighted by Gasteiger charge is 2.63. The van der Waals surface area contributed by atoms with Gasteiger partial charge in [-0.3, -0.25) is 23.7 Å². The van der Waals surface area contributed by atoms with E-state index in [1.165, 1.54) is 4.90 Å². The fourth-order valence-corrected chi connectivity index (χ4v) is 9.86. The van der Waals surface area contributed by atoms with Crippen LogP contribution in [-0.4, -0.2) is 81.6 Å². The van der Waals surface area contributed by atoms with Crippen molar-refractivity contribution in [3.8, 4) is 6.01 Å². The van der Waals surface area contributed by atoms with E-state index in [0.29, 0.717) is 51.1 Å². The summed E-state index contributed by atoms with van der Waals surface area (Å²) in [7, 11) is -3.99. The van der Waals surface area contributed by atoms with E-state index in [1.54, 1.807) is 20.8 Å². The summed E-state index contributed by atoms with van der Waals surface area (Å²) >= 11 is 0. The molecule has 13 nitrogen and oxygen atoms in total. The van der Waals surface area contributed by atoms with Crippen molar-refractivity contribution < 1.29 is 37.1 Å². The van der Waals surface area contributed by atoms with Crippen molar-refractivity contribution in [2.24, 2.45) is 16.7 Å². The minimum Gasteiger partial charge on any atom is -0.459 e. The Bertz CT molecular complexity index is 1920. The van der Waals surface area contributed by atoms with Gasteiger partial charge in [0.1, 0.15) is 17.7 Å². The van der Waals surface area contributed by atoms with Crippen LogP contribution in [0.1, 0.15) is 113 Å². The number of amides is 3. The van der Waals surface area contributed by atoms with Gasteiger partial charge >= 0.3 is 6.09 Å². The van der Waals surface area contributed by atoms with Gasteiger partial charge in [-0.25, -0.2) is 13.2 Å². The molecular formula is C40H57N5O8S. The molecule has 2 aliphatic heterocycles. The van der Waals surface area contributed by atoms with Gasteiger partial charge in [0.15, 0.2) is 5.78 Å². The van der Waals surface area contributed by atoms with Crippen molar-refractivity contribution in [3.05, 3.63) is 36.4 Å². The van der Waals surface area contributed by atoms with Crippen LogP contribution in [0.15, 0.2) is 36.4 Å². The highest BCUT2D eigenvalue weighted by Crippen LogP contribution is 2.58. The second-order valence-corrected chi connectivity index (χ2v) is 19.9. The second kappa shape index (κ2) is 14.6. The molecule has 5 atom stereocenters. The number of para-hydroxylation sites is 2. The van der Waals surface area contributed by atoms with Crippen LogP contribution >= 0.6 is 0 Å². The summed E-state index contributed by atoms with van der Waals surface area (Å²) in [4.78, 5) is 62.5. The Hall–Kier alpha value is -3.94. The van der Waals surface area contributed by atoms with Crippen LogP contribution in [-0.2, 0) is 35.7 Å². The first-order chi connectivity index (χ1) is 25.3. The number of fused-ring (bicyclic) bond motifs is 5. The van der Waals surface area contributed by atoms with Crippen LogP contribution in [0.25, 0.3) is 11.0 Å². The minimum absolute atomic E-state index is 0.0388. The second-order valence-electron chi connectivity index (χ2n) is 17.8. The number of hydrogen-bond donors (Lipinski definition) is 2. The average molecular weight is 768 g/mol. The quantitative estimate of drug-likeness (QED) is 0.367. The van der Waals surface area contributed by atoms with Crippen LogP contribution in [0.2, 0.25) is 0 Å². The van der Waals surface area contributed by atoms with Gasteiger partial charge in [0.05, 0.1) is 33.8 Å². The number of nitrogens with one attached hydrogen (secondary N) is 2. The molecule has 0 unspecified atom stereocenters. The van der Waals surface area contributed by atoms with E-state index >= 15 is 0 Å². The number of Topliss-reactive ketones (excluding diaryl/α,β-unsaturated/α-hetero) is 1. The molecule has 1 aromatic heterocycles. The Labute approximate surface area is 319 Å². The Balaban J connectivity index is 1.36. The van der Waals surface area contributed by atoms with Crippen LogP contribution < -0.4 is 14.8 Å². The van der Waals surface area contributed by atoms with Crippen LogP contribution in [0.3, 0.4) is 0 Å². The number of carbonyl (C=O) groups is 4. The fraction of sp³-hybridized carbons (Fsp3) is 0.675. The SMILES string of the molecule is CC[C@@H]1C[C@@]12CC(=O)[C@@H]1C[C@H](CN1C(=O)[C@@H](NC(=O)OC(C)(C)C)C(C)(C)C)Oc1nc3ccccc3n1CCC/C=C\CCC1(CC1)S(=O)(=O)NC2=O. The fourth-order valence-electron chi connectivity index (χ4n) is 8.17. The normalized spacial score (nSPS) is 28.4. The third-order valence-corrected chi connectivity index (χ3v) is 13.7. The van der Waals surface area contributed by atoms with Gasteiger partial charge in [0.25, 0.3) is 6.01 Å². The van der Waals surface area contributed by atoms with Gasteiger partial charge in [0.2, 0.25) is 21.8 Å². The molecule has 1 aromatic carbocycles. The lowest BCUT2D eigenvalue weighted by Crippen LogP contribution is -2.57. The monoisotopic (exact) mass is 767 g/mol. The molecule has 54 heavy (non-hydrogen) atoms. The summed E-state index contributed by atoms with van der Waals surface area (Å²) in [6.45, 7) is 13.2. The maximum Gasteiger partial charge on any atom is 0.408 e. The summed E-state index contributed by atoms with van der Waals surface area (Å²) < 4.78 is 43.0. The number of carbonyl (C=O) groups excluding carboxylic acids is 4. The minimum atomic E-state index is -3.99. The first kappa shape index (κ1) is 39.7. The zero-order chi connectivity index (χ0) is 39.3. The third-order valence-electron chi connectivity index (χ3n) is 11.5. The lowest BCUT2D eigenvalue weighted by molar-refractivity contribution is -0.142. The van der Waals surface area contributed by atoms with Crippen molar-refractivity contribution in [2.75, 3.05) is 6.54 Å². The summed E-state index contributed by atoms with van der Waals surface area (Å²) in [5, 5.41) is 2.76. The van der Waals surface area contributed by atoms with Crippen molar-refractivity contribution in [1.29, 1.82) is 0 Å². The molecule has 6 rings (SSSR count). The average Bonchev–Trinajstić information content (AvgIpc) is 3.94. The first-order valence-electron chi connectivity index (χ1n) is 19.5. The number of alkyl carbamates (subject to hydrolysis) is 1. The standard InChI is InChI=1S/C40H57N5O8S/c1-8-26-23-40(26)24-31(46)30-22-27(25-45(30)33(47)32(37(2,3)4)42-36(49)53-38(5,6)7)52-35-41-28-16-12-13-17-29(28)44(35)21-15-11-9-10-14-18-39(19-20-39)54(50,51)43-34(40)48/h9-10,12-13,16-17,26-27,30,32H,8,11,14-15,18-25H2,1-7H3,(H,42,49)(H,43,48)/b10-9-/t26-,27-,30+,32-,40-/m1/s1. The van der Waals surface area contributed by atoms with Gasteiger partial charge in [-0.1, -0.05) is 58.4 Å². The number of aromatic nitrogens is 2. The number of sulfonamides is 1. The molecule has 2 aromatic rings. The lowest BCUT2D eigenvalue weighted by atomic mass is 9.85. The number of hydrogen-bond acceptors (Lipinski definition) is 9. The van der Waals surface area contributed by atoms with Gasteiger partial charge in [0, 0.05) is 19.4 Å². The van der Waals surface area contributed by atoms with E-state index in [0.717, 1.165) is 23.9 Å². The van der Waals surface area contributed by atoms with Crippen molar-refractivity contribution in [2.45, 2.75) is 148 Å². The van der Waals surface area contributed by atoms with E-state index in [9.17, 15) is 27.6 Å². The van der Waals surface area contributed by atoms with Gasteiger partial charge < -0.3 is 19.7 Å². The van der Waals surface area contributed by atoms with E-state index in [1.807, 2.05) is 62.6 Å². The maximum atomic E-state index is 14.6. The molecule has 2 saturated carbocycles. The molecular weight excluding hydrogens is 711 g/mol. The molecule has 0 radical (unpaired) electrons. The molecule has 1 saturated heterocycles. The largest absolute Gasteiger partial charge is 0.459 e. The number of ketones is 1. The van der Waals surface area contributed by atoms with Crippen LogP contribution in [0, 0.1) is 16.7 Å². The number of nitrogens with zero attached hydrogens (tertiary/aromatic N) is 3. The Morgan fingerprint density at radius 2 is 1.78 bits per heavy atom. The Kier molecular flexibility index (Phi) is 10.8. The molecule has 296 valence electrons. The zero-order valence-corrected chi connectivity index (χ0v) is 33.6.